The smallest absolute Gasteiger partial charge is 0.247 e. The summed E-state index contributed by atoms with van der Waals surface area (Å²) in [6.07, 6.45) is 0. The summed E-state index contributed by atoms with van der Waals surface area (Å²) < 4.78 is 5.29. The van der Waals surface area contributed by atoms with Crippen molar-refractivity contribution in [3.63, 3.8) is 0 Å². The van der Waals surface area contributed by atoms with Crippen LogP contribution in [0.1, 0.15) is 13.8 Å². The Balaban J connectivity index is 2.82. The van der Waals surface area contributed by atoms with Gasteiger partial charge in [-0.05, 0) is 31.2 Å². The number of rotatable bonds is 4. The van der Waals surface area contributed by atoms with Crippen molar-refractivity contribution in [1.29, 1.82) is 0 Å². The van der Waals surface area contributed by atoms with E-state index in [9.17, 15) is 4.79 Å². The van der Waals surface area contributed by atoms with Crippen LogP contribution in [0.15, 0.2) is 24.3 Å². The Hall–Kier alpha value is -1.55. The molecule has 0 saturated heterocycles. The van der Waals surface area contributed by atoms with Crippen molar-refractivity contribution in [3.05, 3.63) is 24.3 Å². The van der Waals surface area contributed by atoms with Crippen LogP contribution in [-0.2, 0) is 9.63 Å². The normalized spacial score (nSPS) is 9.80. The molecule has 0 bridgehead atoms. The van der Waals surface area contributed by atoms with Gasteiger partial charge in [0.25, 0.3) is 0 Å². The SMILES string of the molecule is CCOc1ccc(N(OC)C(C)=O)cc1. The molecule has 1 aromatic carbocycles. The van der Waals surface area contributed by atoms with Crippen LogP contribution >= 0.6 is 0 Å². The first-order chi connectivity index (χ1) is 7.19. The van der Waals surface area contributed by atoms with E-state index in [1.807, 2.05) is 6.92 Å². The number of carbonyl (C=O) groups is 1. The lowest BCUT2D eigenvalue weighted by Crippen LogP contribution is -2.26. The third-order valence-electron chi connectivity index (χ3n) is 1.85. The second-order valence-electron chi connectivity index (χ2n) is 2.92. The lowest BCUT2D eigenvalue weighted by Gasteiger charge is -2.17. The van der Waals surface area contributed by atoms with Gasteiger partial charge in [-0.15, -0.1) is 0 Å². The van der Waals surface area contributed by atoms with Crippen molar-refractivity contribution in [2.24, 2.45) is 0 Å². The van der Waals surface area contributed by atoms with Crippen molar-refractivity contribution in [2.45, 2.75) is 13.8 Å². The van der Waals surface area contributed by atoms with E-state index in [4.69, 9.17) is 9.57 Å². The van der Waals surface area contributed by atoms with Gasteiger partial charge in [0, 0.05) is 6.92 Å². The maximum atomic E-state index is 11.2. The fraction of sp³-hybridized carbons (Fsp3) is 0.364. The summed E-state index contributed by atoms with van der Waals surface area (Å²) in [5, 5.41) is 1.22. The van der Waals surface area contributed by atoms with E-state index in [1.165, 1.54) is 19.1 Å². The van der Waals surface area contributed by atoms with Crippen molar-refractivity contribution in [1.82, 2.24) is 0 Å². The van der Waals surface area contributed by atoms with Crippen LogP contribution in [-0.4, -0.2) is 19.6 Å². The van der Waals surface area contributed by atoms with E-state index < -0.39 is 0 Å². The Bertz CT molecular complexity index is 321. The molecule has 4 heteroatoms. The summed E-state index contributed by atoms with van der Waals surface area (Å²) in [5.74, 6) is 0.613. The zero-order chi connectivity index (χ0) is 11.3. The van der Waals surface area contributed by atoms with Gasteiger partial charge in [-0.3, -0.25) is 9.63 Å². The summed E-state index contributed by atoms with van der Waals surface area (Å²) in [6.45, 7) is 3.99. The van der Waals surface area contributed by atoms with Crippen LogP contribution in [0.5, 0.6) is 5.75 Å². The molecule has 0 N–H and O–H groups in total. The number of hydrogen-bond acceptors (Lipinski definition) is 3. The highest BCUT2D eigenvalue weighted by atomic mass is 16.7. The molecule has 0 aliphatic heterocycles. The molecule has 0 unspecified atom stereocenters. The molecule has 0 aliphatic carbocycles. The van der Waals surface area contributed by atoms with Crippen LogP contribution in [0.2, 0.25) is 0 Å². The molecule has 0 aromatic heterocycles. The topological polar surface area (TPSA) is 38.8 Å². The minimum atomic E-state index is -0.165. The van der Waals surface area contributed by atoms with Crippen LogP contribution in [0.25, 0.3) is 0 Å². The fourth-order valence-electron chi connectivity index (χ4n) is 1.26. The van der Waals surface area contributed by atoms with E-state index in [1.54, 1.807) is 24.3 Å². The molecule has 0 heterocycles. The molecule has 1 aromatic rings. The average Bonchev–Trinajstić information content (AvgIpc) is 2.21. The van der Waals surface area contributed by atoms with Gasteiger partial charge in [0.1, 0.15) is 5.75 Å². The number of hydrogen-bond donors (Lipinski definition) is 0. The van der Waals surface area contributed by atoms with Crippen LogP contribution in [0.3, 0.4) is 0 Å². The van der Waals surface area contributed by atoms with Gasteiger partial charge in [0.15, 0.2) is 0 Å². The summed E-state index contributed by atoms with van der Waals surface area (Å²) in [7, 11) is 1.46. The van der Waals surface area contributed by atoms with Gasteiger partial charge >= 0.3 is 0 Å². The first-order valence-corrected chi connectivity index (χ1v) is 4.76. The zero-order valence-corrected chi connectivity index (χ0v) is 9.19. The van der Waals surface area contributed by atoms with Crippen molar-refractivity contribution in [3.8, 4) is 5.75 Å². The highest BCUT2D eigenvalue weighted by Gasteiger charge is 2.09. The first-order valence-electron chi connectivity index (χ1n) is 4.76. The third-order valence-corrected chi connectivity index (χ3v) is 1.85. The molecule has 0 fully saturated rings. The van der Waals surface area contributed by atoms with E-state index >= 15 is 0 Å². The quantitative estimate of drug-likeness (QED) is 0.712. The Morgan fingerprint density at radius 1 is 1.33 bits per heavy atom. The highest BCUT2D eigenvalue weighted by Crippen LogP contribution is 2.19. The molecular formula is C11H15NO3. The number of benzene rings is 1. The van der Waals surface area contributed by atoms with Crippen LogP contribution in [0.4, 0.5) is 5.69 Å². The summed E-state index contributed by atoms with van der Waals surface area (Å²) in [5.41, 5.74) is 0.688. The van der Waals surface area contributed by atoms with Crippen molar-refractivity contribution in [2.75, 3.05) is 18.8 Å². The molecule has 0 atom stereocenters. The Morgan fingerprint density at radius 3 is 2.33 bits per heavy atom. The van der Waals surface area contributed by atoms with Gasteiger partial charge in [-0.1, -0.05) is 0 Å². The van der Waals surface area contributed by atoms with Crippen LogP contribution in [0, 0.1) is 0 Å². The molecule has 82 valence electrons. The van der Waals surface area contributed by atoms with E-state index in [0.717, 1.165) is 5.75 Å². The standard InChI is InChI=1S/C11H15NO3/c1-4-15-11-7-5-10(6-8-11)12(14-3)9(2)13/h5-8H,4H2,1-3H3. The van der Waals surface area contributed by atoms with Gasteiger partial charge < -0.3 is 4.74 Å². The fourth-order valence-corrected chi connectivity index (χ4v) is 1.26. The maximum Gasteiger partial charge on any atom is 0.247 e. The molecule has 0 aliphatic rings. The number of carbonyl (C=O) groups excluding carboxylic acids is 1. The molecule has 15 heavy (non-hydrogen) atoms. The second-order valence-corrected chi connectivity index (χ2v) is 2.92. The summed E-state index contributed by atoms with van der Waals surface area (Å²) in [4.78, 5) is 16.1. The van der Waals surface area contributed by atoms with Gasteiger partial charge in [0.2, 0.25) is 5.91 Å². The van der Waals surface area contributed by atoms with Crippen molar-refractivity contribution >= 4 is 11.6 Å². The number of ether oxygens (including phenoxy) is 1. The number of amides is 1. The van der Waals surface area contributed by atoms with E-state index in [-0.39, 0.29) is 5.91 Å². The zero-order valence-electron chi connectivity index (χ0n) is 9.19. The number of nitrogens with zero attached hydrogens (tertiary/aromatic N) is 1. The summed E-state index contributed by atoms with van der Waals surface area (Å²) >= 11 is 0. The monoisotopic (exact) mass is 209 g/mol. The molecular weight excluding hydrogens is 194 g/mol. The Kier molecular flexibility index (Phi) is 4.12. The predicted molar refractivity (Wildman–Crippen MR) is 57.8 cm³/mol. The molecule has 4 nitrogen and oxygen atoms in total. The maximum absolute atomic E-state index is 11.2. The van der Waals surface area contributed by atoms with Gasteiger partial charge in [-0.2, -0.15) is 5.06 Å². The predicted octanol–water partition coefficient (Wildman–Crippen LogP) is 2.00. The minimum Gasteiger partial charge on any atom is -0.494 e. The van der Waals surface area contributed by atoms with Crippen LogP contribution < -0.4 is 9.80 Å². The minimum absolute atomic E-state index is 0.165. The number of hydroxylamine groups is 1. The molecule has 1 rings (SSSR count). The van der Waals surface area contributed by atoms with Gasteiger partial charge in [-0.25, -0.2) is 0 Å². The van der Waals surface area contributed by atoms with Gasteiger partial charge in [0.05, 0.1) is 19.4 Å². The van der Waals surface area contributed by atoms with Crippen molar-refractivity contribution < 1.29 is 14.4 Å². The largest absolute Gasteiger partial charge is 0.494 e. The molecule has 1 amide bonds. The average molecular weight is 209 g/mol. The third kappa shape index (κ3) is 2.95. The van der Waals surface area contributed by atoms with E-state index in [0.29, 0.717) is 12.3 Å². The lowest BCUT2D eigenvalue weighted by molar-refractivity contribution is -0.122. The summed E-state index contributed by atoms with van der Waals surface area (Å²) in [6, 6.07) is 7.15. The Labute approximate surface area is 89.4 Å². The molecule has 0 radical (unpaired) electrons. The van der Waals surface area contributed by atoms with E-state index in [2.05, 4.69) is 0 Å². The molecule has 0 saturated carbocycles. The lowest BCUT2D eigenvalue weighted by atomic mass is 10.3. The Morgan fingerprint density at radius 2 is 1.93 bits per heavy atom. The highest BCUT2D eigenvalue weighted by molar-refractivity contribution is 5.89. The number of anilines is 1. The second kappa shape index (κ2) is 5.36. The first kappa shape index (κ1) is 11.5. The molecule has 0 spiro atoms.